The molecular formula is C15H31NO2S. The molecule has 0 amide bonds. The number of rotatable bonds is 10. The van der Waals surface area contributed by atoms with Gasteiger partial charge in [0.25, 0.3) is 0 Å². The molecular weight excluding hydrogens is 258 g/mol. The topological polar surface area (TPSA) is 46.2 Å². The first kappa shape index (κ1) is 17.0. The number of unbranched alkanes of at least 4 members (excludes halogenated alkanes) is 3. The van der Waals surface area contributed by atoms with Gasteiger partial charge < -0.3 is 5.32 Å². The average molecular weight is 289 g/mol. The Kier molecular flexibility index (Phi) is 8.00. The van der Waals surface area contributed by atoms with Crippen LogP contribution in [0.4, 0.5) is 0 Å². The SMILES string of the molecule is CCCCCCC(CC1CCS(=O)(=O)C1)NCCC. The third kappa shape index (κ3) is 7.31. The van der Waals surface area contributed by atoms with Gasteiger partial charge in [-0.25, -0.2) is 8.42 Å². The van der Waals surface area contributed by atoms with E-state index in [2.05, 4.69) is 19.2 Å². The molecule has 1 rings (SSSR count). The quantitative estimate of drug-likeness (QED) is 0.628. The van der Waals surface area contributed by atoms with Gasteiger partial charge in [0.1, 0.15) is 0 Å². The molecule has 1 N–H and O–H groups in total. The van der Waals surface area contributed by atoms with Crippen molar-refractivity contribution in [3.63, 3.8) is 0 Å². The van der Waals surface area contributed by atoms with Gasteiger partial charge in [0.05, 0.1) is 11.5 Å². The van der Waals surface area contributed by atoms with Crippen molar-refractivity contribution in [2.24, 2.45) is 5.92 Å². The maximum atomic E-state index is 11.5. The predicted octanol–water partition coefficient (Wildman–Crippen LogP) is 3.15. The first-order valence-corrected chi connectivity index (χ1v) is 9.83. The molecule has 1 heterocycles. The average Bonchev–Trinajstić information content (AvgIpc) is 2.70. The smallest absolute Gasteiger partial charge is 0.150 e. The zero-order chi connectivity index (χ0) is 14.1. The van der Waals surface area contributed by atoms with Crippen molar-refractivity contribution in [1.29, 1.82) is 0 Å². The summed E-state index contributed by atoms with van der Waals surface area (Å²) in [7, 11) is -2.72. The van der Waals surface area contributed by atoms with E-state index in [1.54, 1.807) is 0 Å². The monoisotopic (exact) mass is 289 g/mol. The summed E-state index contributed by atoms with van der Waals surface area (Å²) in [6.45, 7) is 5.47. The van der Waals surface area contributed by atoms with E-state index < -0.39 is 9.84 Å². The second kappa shape index (κ2) is 8.96. The third-order valence-electron chi connectivity index (χ3n) is 4.03. The van der Waals surface area contributed by atoms with Gasteiger partial charge >= 0.3 is 0 Å². The maximum absolute atomic E-state index is 11.5. The molecule has 114 valence electrons. The molecule has 1 saturated heterocycles. The highest BCUT2D eigenvalue weighted by molar-refractivity contribution is 7.91. The Labute approximate surface area is 119 Å². The van der Waals surface area contributed by atoms with Gasteiger partial charge in [0.2, 0.25) is 0 Å². The van der Waals surface area contributed by atoms with Gasteiger partial charge in [-0.15, -0.1) is 0 Å². The number of hydrogen-bond acceptors (Lipinski definition) is 3. The molecule has 2 unspecified atom stereocenters. The lowest BCUT2D eigenvalue weighted by Gasteiger charge is -2.21. The largest absolute Gasteiger partial charge is 0.314 e. The van der Waals surface area contributed by atoms with Crippen LogP contribution in [0.25, 0.3) is 0 Å². The zero-order valence-corrected chi connectivity index (χ0v) is 13.5. The zero-order valence-electron chi connectivity index (χ0n) is 12.7. The Morgan fingerprint density at radius 3 is 2.53 bits per heavy atom. The van der Waals surface area contributed by atoms with Crippen molar-refractivity contribution in [3.05, 3.63) is 0 Å². The van der Waals surface area contributed by atoms with Crippen LogP contribution in [0.15, 0.2) is 0 Å². The van der Waals surface area contributed by atoms with Crippen LogP contribution in [0, 0.1) is 5.92 Å². The standard InChI is InChI=1S/C15H31NO2S/c1-3-5-6-7-8-15(16-10-4-2)12-14-9-11-19(17,18)13-14/h14-16H,3-13H2,1-2H3. The molecule has 3 nitrogen and oxygen atoms in total. The van der Waals surface area contributed by atoms with Gasteiger partial charge in [0.15, 0.2) is 9.84 Å². The van der Waals surface area contributed by atoms with Crippen LogP contribution in [0.2, 0.25) is 0 Å². The fraction of sp³-hybridized carbons (Fsp3) is 1.00. The van der Waals surface area contributed by atoms with Crippen LogP contribution < -0.4 is 5.32 Å². The van der Waals surface area contributed by atoms with Gasteiger partial charge in [0, 0.05) is 6.04 Å². The molecule has 1 aliphatic rings. The molecule has 1 fully saturated rings. The van der Waals surface area contributed by atoms with Crippen molar-refractivity contribution >= 4 is 9.84 Å². The van der Waals surface area contributed by atoms with E-state index in [-0.39, 0.29) is 0 Å². The fourth-order valence-corrected chi connectivity index (χ4v) is 4.81. The van der Waals surface area contributed by atoms with Gasteiger partial charge in [-0.3, -0.25) is 0 Å². The van der Waals surface area contributed by atoms with Crippen molar-refractivity contribution in [2.45, 2.75) is 71.3 Å². The van der Waals surface area contributed by atoms with E-state index in [0.29, 0.717) is 23.5 Å². The van der Waals surface area contributed by atoms with Crippen LogP contribution in [-0.2, 0) is 9.84 Å². The first-order chi connectivity index (χ1) is 9.07. The van der Waals surface area contributed by atoms with Crippen LogP contribution in [0.3, 0.4) is 0 Å². The fourth-order valence-electron chi connectivity index (χ4n) is 2.93. The molecule has 1 aliphatic heterocycles. The minimum Gasteiger partial charge on any atom is -0.314 e. The summed E-state index contributed by atoms with van der Waals surface area (Å²) in [5.74, 6) is 1.23. The summed E-state index contributed by atoms with van der Waals surface area (Å²) in [5, 5.41) is 3.61. The third-order valence-corrected chi connectivity index (χ3v) is 5.87. The molecule has 0 bridgehead atoms. The van der Waals surface area contributed by atoms with Crippen molar-refractivity contribution in [3.8, 4) is 0 Å². The maximum Gasteiger partial charge on any atom is 0.150 e. The molecule has 0 aliphatic carbocycles. The molecule has 0 aromatic heterocycles. The van der Waals surface area contributed by atoms with Gasteiger partial charge in [-0.1, -0.05) is 39.5 Å². The second-order valence-electron chi connectivity index (χ2n) is 6.01. The van der Waals surface area contributed by atoms with E-state index in [0.717, 1.165) is 25.8 Å². The summed E-state index contributed by atoms with van der Waals surface area (Å²) in [4.78, 5) is 0. The minimum absolute atomic E-state index is 0.394. The molecule has 0 aromatic rings. The Morgan fingerprint density at radius 2 is 1.95 bits per heavy atom. The van der Waals surface area contributed by atoms with E-state index in [4.69, 9.17) is 0 Å². The van der Waals surface area contributed by atoms with E-state index in [9.17, 15) is 8.42 Å². The van der Waals surface area contributed by atoms with Crippen molar-refractivity contribution in [1.82, 2.24) is 5.32 Å². The number of nitrogens with one attached hydrogen (secondary N) is 1. The highest BCUT2D eigenvalue weighted by Gasteiger charge is 2.29. The summed E-state index contributed by atoms with van der Waals surface area (Å²) in [5.41, 5.74) is 0. The molecule has 0 aromatic carbocycles. The lowest BCUT2D eigenvalue weighted by molar-refractivity contribution is 0.375. The number of hydrogen-bond donors (Lipinski definition) is 1. The highest BCUT2D eigenvalue weighted by atomic mass is 32.2. The van der Waals surface area contributed by atoms with E-state index in [1.165, 1.54) is 32.1 Å². The van der Waals surface area contributed by atoms with Crippen molar-refractivity contribution < 1.29 is 8.42 Å². The Bertz CT molecular complexity index is 327. The van der Waals surface area contributed by atoms with Crippen LogP contribution >= 0.6 is 0 Å². The summed E-state index contributed by atoms with van der Waals surface area (Å²) >= 11 is 0. The highest BCUT2D eigenvalue weighted by Crippen LogP contribution is 2.24. The molecule has 0 radical (unpaired) electrons. The minimum atomic E-state index is -2.72. The molecule has 4 heteroatoms. The van der Waals surface area contributed by atoms with E-state index in [1.807, 2.05) is 0 Å². The Balaban J connectivity index is 2.32. The molecule has 0 spiro atoms. The molecule has 0 saturated carbocycles. The lowest BCUT2D eigenvalue weighted by atomic mass is 9.95. The van der Waals surface area contributed by atoms with Crippen LogP contribution in [-0.4, -0.2) is 32.5 Å². The normalized spacial score (nSPS) is 23.6. The predicted molar refractivity (Wildman–Crippen MR) is 82.2 cm³/mol. The summed E-state index contributed by atoms with van der Waals surface area (Å²) in [6, 6.07) is 0.523. The second-order valence-corrected chi connectivity index (χ2v) is 8.23. The summed E-state index contributed by atoms with van der Waals surface area (Å²) < 4.78 is 23.0. The Morgan fingerprint density at radius 1 is 1.16 bits per heavy atom. The van der Waals surface area contributed by atoms with Crippen molar-refractivity contribution in [2.75, 3.05) is 18.1 Å². The molecule has 2 atom stereocenters. The Hall–Kier alpha value is -0.0900. The first-order valence-electron chi connectivity index (χ1n) is 8.01. The molecule has 19 heavy (non-hydrogen) atoms. The van der Waals surface area contributed by atoms with Gasteiger partial charge in [-0.05, 0) is 38.1 Å². The van der Waals surface area contributed by atoms with Crippen LogP contribution in [0.5, 0.6) is 0 Å². The summed E-state index contributed by atoms with van der Waals surface area (Å²) in [6.07, 6.45) is 9.45. The lowest BCUT2D eigenvalue weighted by Crippen LogP contribution is -2.32. The number of sulfone groups is 1. The van der Waals surface area contributed by atoms with E-state index >= 15 is 0 Å². The van der Waals surface area contributed by atoms with Gasteiger partial charge in [-0.2, -0.15) is 0 Å². The van der Waals surface area contributed by atoms with Crippen LogP contribution in [0.1, 0.15) is 65.2 Å².